The first-order valence-electron chi connectivity index (χ1n) is 9.43. The first-order chi connectivity index (χ1) is 13.4. The highest BCUT2D eigenvalue weighted by atomic mass is 35.5. The van der Waals surface area contributed by atoms with E-state index in [-0.39, 0.29) is 31.0 Å². The average Bonchev–Trinajstić information content (AvgIpc) is 2.67. The Hall–Kier alpha value is -2.53. The summed E-state index contributed by atoms with van der Waals surface area (Å²) in [7, 11) is 0. The summed E-state index contributed by atoms with van der Waals surface area (Å²) in [5.74, 6) is 0.153. The van der Waals surface area contributed by atoms with E-state index in [0.717, 1.165) is 5.56 Å². The Bertz CT molecular complexity index is 780. The van der Waals surface area contributed by atoms with Crippen molar-refractivity contribution in [1.29, 1.82) is 0 Å². The highest BCUT2D eigenvalue weighted by Crippen LogP contribution is 2.20. The molecule has 2 rings (SSSR count). The molecule has 6 heteroatoms. The lowest BCUT2D eigenvalue weighted by Crippen LogP contribution is -2.51. The molecule has 1 N–H and O–H groups in total. The van der Waals surface area contributed by atoms with Crippen LogP contribution in [-0.4, -0.2) is 35.4 Å². The molecule has 0 aromatic heterocycles. The first kappa shape index (κ1) is 21.8. The number of amides is 2. The lowest BCUT2D eigenvalue weighted by atomic mass is 10.1. The van der Waals surface area contributed by atoms with Crippen LogP contribution in [0.25, 0.3) is 0 Å². The second-order valence-electron chi connectivity index (χ2n) is 6.80. The summed E-state index contributed by atoms with van der Waals surface area (Å²) in [5.41, 5.74) is 0.785. The second-order valence-corrected chi connectivity index (χ2v) is 7.21. The summed E-state index contributed by atoms with van der Waals surface area (Å²) < 4.78 is 5.62. The van der Waals surface area contributed by atoms with Gasteiger partial charge >= 0.3 is 0 Å². The normalized spacial score (nSPS) is 11.8. The minimum Gasteiger partial charge on any atom is -0.484 e. The summed E-state index contributed by atoms with van der Waals surface area (Å²) >= 11 is 6.29. The fourth-order valence-electron chi connectivity index (χ4n) is 2.86. The van der Waals surface area contributed by atoms with Gasteiger partial charge in [0.25, 0.3) is 5.91 Å². The number of ether oxygens (including phenoxy) is 1. The van der Waals surface area contributed by atoms with Crippen LogP contribution in [0.1, 0.15) is 32.8 Å². The molecule has 0 aliphatic rings. The van der Waals surface area contributed by atoms with Crippen LogP contribution in [-0.2, 0) is 16.1 Å². The van der Waals surface area contributed by atoms with Gasteiger partial charge in [0, 0.05) is 17.6 Å². The van der Waals surface area contributed by atoms with E-state index in [2.05, 4.69) is 5.32 Å². The third-order valence-corrected chi connectivity index (χ3v) is 4.59. The zero-order valence-electron chi connectivity index (χ0n) is 16.5. The van der Waals surface area contributed by atoms with Gasteiger partial charge in [-0.25, -0.2) is 0 Å². The fraction of sp³-hybridized carbons (Fsp3) is 0.364. The maximum atomic E-state index is 13.0. The molecule has 2 aromatic rings. The highest BCUT2D eigenvalue weighted by Gasteiger charge is 2.29. The Morgan fingerprint density at radius 3 is 2.32 bits per heavy atom. The number of carbonyl (C=O) groups excluding carboxylic acids is 2. The number of nitrogens with zero attached hydrogens (tertiary/aromatic N) is 1. The summed E-state index contributed by atoms with van der Waals surface area (Å²) in [6, 6.07) is 15.8. The van der Waals surface area contributed by atoms with Crippen LogP contribution in [0.15, 0.2) is 54.6 Å². The fourth-order valence-corrected chi connectivity index (χ4v) is 3.05. The lowest BCUT2D eigenvalue weighted by Gasteiger charge is -2.31. The molecular weight excluding hydrogens is 376 g/mol. The number of nitrogens with one attached hydrogen (secondary N) is 1. The molecule has 0 saturated carbocycles. The molecule has 2 aromatic carbocycles. The van der Waals surface area contributed by atoms with Gasteiger partial charge in [-0.1, -0.05) is 54.9 Å². The van der Waals surface area contributed by atoms with Gasteiger partial charge in [0.1, 0.15) is 11.8 Å². The third kappa shape index (κ3) is 6.27. The molecule has 2 amide bonds. The van der Waals surface area contributed by atoms with E-state index in [4.69, 9.17) is 16.3 Å². The minimum atomic E-state index is -0.606. The van der Waals surface area contributed by atoms with Gasteiger partial charge in [0.2, 0.25) is 5.91 Å². The quantitative estimate of drug-likeness (QED) is 0.688. The predicted octanol–water partition coefficient (Wildman–Crippen LogP) is 4.05. The van der Waals surface area contributed by atoms with Crippen LogP contribution in [0.5, 0.6) is 5.75 Å². The highest BCUT2D eigenvalue weighted by molar-refractivity contribution is 6.31. The van der Waals surface area contributed by atoms with Crippen LogP contribution < -0.4 is 10.1 Å². The maximum Gasteiger partial charge on any atom is 0.261 e. The summed E-state index contributed by atoms with van der Waals surface area (Å²) in [6.07, 6.45) is 0.486. The van der Waals surface area contributed by atoms with Crippen molar-refractivity contribution in [2.24, 2.45) is 0 Å². The van der Waals surface area contributed by atoms with Crippen LogP contribution in [0, 0.1) is 0 Å². The number of carbonyl (C=O) groups is 2. The van der Waals surface area contributed by atoms with E-state index >= 15 is 0 Å². The molecule has 1 atom stereocenters. The SMILES string of the molecule is CC[C@@H](C(=O)NC(C)C)N(Cc1ccccc1Cl)C(=O)COc1ccccc1. The number of rotatable bonds is 9. The van der Waals surface area contributed by atoms with Crippen molar-refractivity contribution in [2.75, 3.05) is 6.61 Å². The van der Waals surface area contributed by atoms with Crippen LogP contribution in [0.3, 0.4) is 0 Å². The molecule has 5 nitrogen and oxygen atoms in total. The molecule has 0 aliphatic carbocycles. The van der Waals surface area contributed by atoms with Crippen LogP contribution in [0.4, 0.5) is 0 Å². The zero-order valence-corrected chi connectivity index (χ0v) is 17.3. The molecular formula is C22H27ClN2O3. The second kappa shape index (κ2) is 10.7. The molecule has 0 unspecified atom stereocenters. The third-order valence-electron chi connectivity index (χ3n) is 4.22. The Balaban J connectivity index is 2.22. The standard InChI is InChI=1S/C22H27ClN2O3/c1-4-20(22(27)24-16(2)3)25(14-17-10-8-9-13-19(17)23)21(26)15-28-18-11-6-5-7-12-18/h5-13,16,20H,4,14-15H2,1-3H3,(H,24,27)/t20-/m0/s1. The molecule has 0 aliphatic heterocycles. The van der Waals surface area contributed by atoms with E-state index in [1.807, 2.05) is 57.2 Å². The van der Waals surface area contributed by atoms with E-state index < -0.39 is 6.04 Å². The van der Waals surface area contributed by atoms with Gasteiger partial charge in [0.15, 0.2) is 6.61 Å². The van der Waals surface area contributed by atoms with Gasteiger partial charge in [-0.15, -0.1) is 0 Å². The topological polar surface area (TPSA) is 58.6 Å². The Labute approximate surface area is 171 Å². The predicted molar refractivity (Wildman–Crippen MR) is 111 cm³/mol. The van der Waals surface area contributed by atoms with Crippen molar-refractivity contribution in [3.63, 3.8) is 0 Å². The van der Waals surface area contributed by atoms with Gasteiger partial charge < -0.3 is 15.0 Å². The van der Waals surface area contributed by atoms with E-state index in [9.17, 15) is 9.59 Å². The molecule has 0 bridgehead atoms. The summed E-state index contributed by atoms with van der Waals surface area (Å²) in [4.78, 5) is 27.2. The van der Waals surface area contributed by atoms with Crippen LogP contribution >= 0.6 is 11.6 Å². The minimum absolute atomic E-state index is 0.0145. The largest absolute Gasteiger partial charge is 0.484 e. The number of hydrogen-bond acceptors (Lipinski definition) is 3. The first-order valence-corrected chi connectivity index (χ1v) is 9.81. The number of para-hydroxylation sites is 1. The van der Waals surface area contributed by atoms with Crippen molar-refractivity contribution in [3.05, 3.63) is 65.2 Å². The Morgan fingerprint density at radius 1 is 1.07 bits per heavy atom. The lowest BCUT2D eigenvalue weighted by molar-refractivity contribution is -0.143. The molecule has 0 heterocycles. The van der Waals surface area contributed by atoms with E-state index in [0.29, 0.717) is 17.2 Å². The average molecular weight is 403 g/mol. The van der Waals surface area contributed by atoms with E-state index in [1.165, 1.54) is 0 Å². The monoisotopic (exact) mass is 402 g/mol. The van der Waals surface area contributed by atoms with Crippen molar-refractivity contribution in [3.8, 4) is 5.75 Å². The van der Waals surface area contributed by atoms with Crippen LogP contribution in [0.2, 0.25) is 5.02 Å². The summed E-state index contributed by atoms with van der Waals surface area (Å²) in [6.45, 7) is 5.75. The number of hydrogen-bond donors (Lipinski definition) is 1. The van der Waals surface area contributed by atoms with E-state index in [1.54, 1.807) is 23.1 Å². The van der Waals surface area contributed by atoms with Gasteiger partial charge in [-0.05, 0) is 44.0 Å². The van der Waals surface area contributed by atoms with Gasteiger partial charge in [-0.3, -0.25) is 9.59 Å². The smallest absolute Gasteiger partial charge is 0.261 e. The Morgan fingerprint density at radius 2 is 1.71 bits per heavy atom. The van der Waals surface area contributed by atoms with Gasteiger partial charge in [0.05, 0.1) is 0 Å². The zero-order chi connectivity index (χ0) is 20.5. The molecule has 0 saturated heterocycles. The summed E-state index contributed by atoms with van der Waals surface area (Å²) in [5, 5.41) is 3.46. The Kier molecular flexibility index (Phi) is 8.33. The molecule has 0 spiro atoms. The maximum absolute atomic E-state index is 13.0. The molecule has 150 valence electrons. The number of benzene rings is 2. The molecule has 28 heavy (non-hydrogen) atoms. The molecule has 0 fully saturated rings. The number of halogens is 1. The van der Waals surface area contributed by atoms with Crippen molar-refractivity contribution in [1.82, 2.24) is 10.2 Å². The van der Waals surface area contributed by atoms with Crippen molar-refractivity contribution < 1.29 is 14.3 Å². The van der Waals surface area contributed by atoms with Crippen molar-refractivity contribution >= 4 is 23.4 Å². The molecule has 0 radical (unpaired) electrons. The van der Waals surface area contributed by atoms with Gasteiger partial charge in [-0.2, -0.15) is 0 Å². The van der Waals surface area contributed by atoms with Crippen molar-refractivity contribution in [2.45, 2.75) is 45.8 Å².